The molecule has 0 atom stereocenters. The number of halogens is 3. The van der Waals surface area contributed by atoms with E-state index in [1.165, 1.54) is 0 Å². The fourth-order valence-electron chi connectivity index (χ4n) is 4.01. The van der Waals surface area contributed by atoms with Crippen LogP contribution in [0, 0.1) is 20.8 Å². The van der Waals surface area contributed by atoms with Crippen LogP contribution in [-0.2, 0) is 13.2 Å². The Hall–Kier alpha value is -2.93. The van der Waals surface area contributed by atoms with E-state index in [-0.39, 0.29) is 24.2 Å². The molecule has 1 N–H and O–H groups in total. The number of ether oxygens (including phenoxy) is 1. The standard InChI is InChI=1S/C28H28Cl3N3O3/c1-15(2)20-12-24(31)16(3)11-26(20)36-14-19-9-10-25(37-19)28(35)32-27-17(4)33-34(18(27)5)13-21-22(29)7-6-8-23(21)30/h6-12,15H,13-14H2,1-5H3,(H,32,35). The Morgan fingerprint density at radius 3 is 2.43 bits per heavy atom. The van der Waals surface area contributed by atoms with Crippen LogP contribution in [0.25, 0.3) is 0 Å². The molecule has 194 valence electrons. The first-order chi connectivity index (χ1) is 17.5. The molecule has 0 fully saturated rings. The van der Waals surface area contributed by atoms with Crippen LogP contribution in [0.3, 0.4) is 0 Å². The first kappa shape index (κ1) is 27.1. The van der Waals surface area contributed by atoms with Crippen molar-refractivity contribution in [3.63, 3.8) is 0 Å². The lowest BCUT2D eigenvalue weighted by atomic mass is 10.0. The predicted molar refractivity (Wildman–Crippen MR) is 149 cm³/mol. The number of aromatic nitrogens is 2. The lowest BCUT2D eigenvalue weighted by molar-refractivity contribution is 0.0992. The minimum atomic E-state index is -0.377. The monoisotopic (exact) mass is 559 g/mol. The molecule has 0 saturated heterocycles. The van der Waals surface area contributed by atoms with Crippen molar-refractivity contribution < 1.29 is 13.9 Å². The van der Waals surface area contributed by atoms with Gasteiger partial charge in [-0.3, -0.25) is 9.48 Å². The van der Waals surface area contributed by atoms with Gasteiger partial charge >= 0.3 is 0 Å². The SMILES string of the molecule is Cc1cc(OCc2ccc(C(=O)Nc3c(C)nn(Cc4c(Cl)cccc4Cl)c3C)o2)c(C(C)C)cc1Cl. The molecule has 37 heavy (non-hydrogen) atoms. The van der Waals surface area contributed by atoms with E-state index in [9.17, 15) is 4.79 Å². The summed E-state index contributed by atoms with van der Waals surface area (Å²) in [7, 11) is 0. The molecule has 2 aromatic carbocycles. The van der Waals surface area contributed by atoms with E-state index >= 15 is 0 Å². The highest BCUT2D eigenvalue weighted by Crippen LogP contribution is 2.33. The van der Waals surface area contributed by atoms with Crippen molar-refractivity contribution in [1.29, 1.82) is 0 Å². The van der Waals surface area contributed by atoms with E-state index in [2.05, 4.69) is 24.3 Å². The Morgan fingerprint density at radius 2 is 1.76 bits per heavy atom. The molecule has 1 amide bonds. The summed E-state index contributed by atoms with van der Waals surface area (Å²) < 4.78 is 13.6. The van der Waals surface area contributed by atoms with Gasteiger partial charge < -0.3 is 14.5 Å². The van der Waals surface area contributed by atoms with Gasteiger partial charge in [-0.1, -0.05) is 54.7 Å². The Labute approximate surface area is 231 Å². The van der Waals surface area contributed by atoms with E-state index in [0.717, 1.165) is 28.1 Å². The summed E-state index contributed by atoms with van der Waals surface area (Å²) >= 11 is 18.9. The second-order valence-electron chi connectivity index (χ2n) is 9.21. The largest absolute Gasteiger partial charge is 0.485 e. The summed E-state index contributed by atoms with van der Waals surface area (Å²) in [5.74, 6) is 1.32. The second-order valence-corrected chi connectivity index (χ2v) is 10.4. The van der Waals surface area contributed by atoms with Gasteiger partial charge in [0.1, 0.15) is 18.1 Å². The summed E-state index contributed by atoms with van der Waals surface area (Å²) in [5, 5.41) is 9.31. The first-order valence-electron chi connectivity index (χ1n) is 11.8. The zero-order chi connectivity index (χ0) is 26.9. The smallest absolute Gasteiger partial charge is 0.291 e. The zero-order valence-electron chi connectivity index (χ0n) is 21.3. The molecule has 0 aliphatic rings. The molecule has 0 aliphatic heterocycles. The summed E-state index contributed by atoms with van der Waals surface area (Å²) in [5.41, 5.74) is 4.77. The van der Waals surface area contributed by atoms with Crippen molar-refractivity contribution in [2.75, 3.05) is 5.32 Å². The Bertz CT molecular complexity index is 1440. The summed E-state index contributed by atoms with van der Waals surface area (Å²) in [6.07, 6.45) is 0. The van der Waals surface area contributed by atoms with Crippen molar-refractivity contribution in [3.8, 4) is 5.75 Å². The van der Waals surface area contributed by atoms with Gasteiger partial charge in [-0.05, 0) is 74.2 Å². The third-order valence-electron chi connectivity index (χ3n) is 6.16. The molecular formula is C28H28Cl3N3O3. The van der Waals surface area contributed by atoms with E-state index in [0.29, 0.717) is 38.8 Å². The Morgan fingerprint density at radius 1 is 1.05 bits per heavy atom. The van der Waals surface area contributed by atoms with Crippen LogP contribution in [0.1, 0.15) is 64.2 Å². The number of hydrogen-bond donors (Lipinski definition) is 1. The van der Waals surface area contributed by atoms with Crippen LogP contribution in [0.15, 0.2) is 46.9 Å². The molecule has 2 heterocycles. The number of benzene rings is 2. The average Bonchev–Trinajstić information content (AvgIpc) is 3.42. The molecule has 2 aromatic heterocycles. The quantitative estimate of drug-likeness (QED) is 0.235. The molecular weight excluding hydrogens is 533 g/mol. The molecule has 4 rings (SSSR count). The van der Waals surface area contributed by atoms with Crippen LogP contribution in [-0.4, -0.2) is 15.7 Å². The fraction of sp³-hybridized carbons (Fsp3) is 0.286. The van der Waals surface area contributed by atoms with Crippen molar-refractivity contribution in [2.45, 2.75) is 53.7 Å². The lowest BCUT2D eigenvalue weighted by Crippen LogP contribution is -2.12. The summed E-state index contributed by atoms with van der Waals surface area (Å²) in [6.45, 7) is 10.4. The van der Waals surface area contributed by atoms with Gasteiger partial charge in [-0.25, -0.2) is 0 Å². The molecule has 0 spiro atoms. The Kier molecular flexibility index (Phi) is 8.22. The second kappa shape index (κ2) is 11.2. The number of furan rings is 1. The van der Waals surface area contributed by atoms with E-state index < -0.39 is 0 Å². The van der Waals surface area contributed by atoms with Gasteiger partial charge in [0.25, 0.3) is 5.91 Å². The third-order valence-corrected chi connectivity index (χ3v) is 7.27. The molecule has 0 saturated carbocycles. The van der Waals surface area contributed by atoms with E-state index in [1.54, 1.807) is 35.0 Å². The molecule has 6 nitrogen and oxygen atoms in total. The number of nitrogens with one attached hydrogen (secondary N) is 1. The maximum Gasteiger partial charge on any atom is 0.291 e. The number of carbonyl (C=O) groups is 1. The van der Waals surface area contributed by atoms with Gasteiger partial charge in [0.2, 0.25) is 0 Å². The maximum atomic E-state index is 13.0. The number of carbonyl (C=O) groups excluding carboxylic acids is 1. The summed E-state index contributed by atoms with van der Waals surface area (Å²) in [6, 6.07) is 12.6. The normalized spacial score (nSPS) is 11.3. The summed E-state index contributed by atoms with van der Waals surface area (Å²) in [4.78, 5) is 13.0. The number of aryl methyl sites for hydroxylation is 2. The van der Waals surface area contributed by atoms with E-state index in [4.69, 9.17) is 44.0 Å². The minimum Gasteiger partial charge on any atom is -0.485 e. The van der Waals surface area contributed by atoms with Crippen molar-refractivity contribution in [3.05, 3.63) is 97.1 Å². The van der Waals surface area contributed by atoms with Gasteiger partial charge in [0.15, 0.2) is 5.76 Å². The minimum absolute atomic E-state index is 0.177. The Balaban J connectivity index is 1.46. The molecule has 4 aromatic rings. The molecule has 0 bridgehead atoms. The molecule has 9 heteroatoms. The van der Waals surface area contributed by atoms with Crippen LogP contribution < -0.4 is 10.1 Å². The van der Waals surface area contributed by atoms with Crippen molar-refractivity contribution >= 4 is 46.4 Å². The number of rotatable bonds is 8. The number of anilines is 1. The number of nitrogens with zero attached hydrogens (tertiary/aromatic N) is 2. The van der Waals surface area contributed by atoms with Crippen LogP contribution in [0.5, 0.6) is 5.75 Å². The lowest BCUT2D eigenvalue weighted by Gasteiger charge is -2.15. The van der Waals surface area contributed by atoms with Crippen LogP contribution in [0.4, 0.5) is 5.69 Å². The third kappa shape index (κ3) is 5.98. The molecule has 0 unspecified atom stereocenters. The van der Waals surface area contributed by atoms with Crippen molar-refractivity contribution in [2.24, 2.45) is 0 Å². The molecule has 0 radical (unpaired) electrons. The fourth-order valence-corrected chi connectivity index (χ4v) is 4.70. The highest BCUT2D eigenvalue weighted by Gasteiger charge is 2.19. The predicted octanol–water partition coefficient (Wildman–Crippen LogP) is 8.36. The van der Waals surface area contributed by atoms with Gasteiger partial charge in [-0.15, -0.1) is 0 Å². The topological polar surface area (TPSA) is 69.3 Å². The van der Waals surface area contributed by atoms with Gasteiger partial charge in [0.05, 0.1) is 23.6 Å². The van der Waals surface area contributed by atoms with Gasteiger partial charge in [-0.2, -0.15) is 5.10 Å². The zero-order valence-corrected chi connectivity index (χ0v) is 23.6. The average molecular weight is 561 g/mol. The number of hydrogen-bond acceptors (Lipinski definition) is 4. The highest BCUT2D eigenvalue weighted by atomic mass is 35.5. The first-order valence-corrected chi connectivity index (χ1v) is 13.0. The molecule has 0 aliphatic carbocycles. The highest BCUT2D eigenvalue weighted by molar-refractivity contribution is 6.36. The number of amides is 1. The van der Waals surface area contributed by atoms with Gasteiger partial charge in [0, 0.05) is 20.6 Å². The van der Waals surface area contributed by atoms with Crippen LogP contribution in [0.2, 0.25) is 15.1 Å². The maximum absolute atomic E-state index is 13.0. The van der Waals surface area contributed by atoms with Crippen molar-refractivity contribution in [1.82, 2.24) is 9.78 Å². The van der Waals surface area contributed by atoms with E-state index in [1.807, 2.05) is 32.9 Å². The van der Waals surface area contributed by atoms with Crippen LogP contribution >= 0.6 is 34.8 Å².